The molecule has 0 N–H and O–H groups in total. The Balaban J connectivity index is 2.07. The van der Waals surface area contributed by atoms with Crippen LogP contribution in [0.3, 0.4) is 0 Å². The van der Waals surface area contributed by atoms with Crippen LogP contribution in [0.2, 0.25) is 0 Å². The maximum atomic E-state index is 13.3. The van der Waals surface area contributed by atoms with Crippen molar-refractivity contribution >= 4 is 21.7 Å². The summed E-state index contributed by atoms with van der Waals surface area (Å²) in [5.74, 6) is -0.479. The Labute approximate surface area is 148 Å². The van der Waals surface area contributed by atoms with E-state index in [1.54, 1.807) is 13.0 Å². The van der Waals surface area contributed by atoms with Gasteiger partial charge in [-0.25, -0.2) is 13.2 Å². The van der Waals surface area contributed by atoms with Gasteiger partial charge in [-0.15, -0.1) is 0 Å². The molecule has 5 nitrogen and oxygen atoms in total. The highest BCUT2D eigenvalue weighted by molar-refractivity contribution is 7.92. The summed E-state index contributed by atoms with van der Waals surface area (Å²) >= 11 is 0. The molecule has 0 aromatic heterocycles. The number of hydrogen-bond donors (Lipinski definition) is 0. The van der Waals surface area contributed by atoms with Gasteiger partial charge in [0.15, 0.2) is 0 Å². The Kier molecular flexibility index (Phi) is 4.81. The summed E-state index contributed by atoms with van der Waals surface area (Å²) < 4.78 is 32.8. The van der Waals surface area contributed by atoms with Crippen LogP contribution in [0.25, 0.3) is 0 Å². The Morgan fingerprint density at radius 1 is 1.12 bits per heavy atom. The van der Waals surface area contributed by atoms with Crippen molar-refractivity contribution in [3.05, 3.63) is 59.2 Å². The summed E-state index contributed by atoms with van der Waals surface area (Å²) in [4.78, 5) is 11.9. The SMILES string of the molecule is COC(=O)c1ccc(S(=O)(=O)N2CCCCc3ccccc32)c(C)c1. The van der Waals surface area contributed by atoms with Crippen LogP contribution in [0.5, 0.6) is 0 Å². The molecule has 1 aliphatic heterocycles. The van der Waals surface area contributed by atoms with Crippen molar-refractivity contribution in [3.63, 3.8) is 0 Å². The number of esters is 1. The molecule has 0 bridgehead atoms. The first-order valence-corrected chi connectivity index (χ1v) is 9.69. The summed E-state index contributed by atoms with van der Waals surface area (Å²) in [6.07, 6.45) is 2.65. The Bertz CT molecular complexity index is 905. The summed E-state index contributed by atoms with van der Waals surface area (Å²) in [6, 6.07) is 12.2. The van der Waals surface area contributed by atoms with E-state index in [-0.39, 0.29) is 4.90 Å². The van der Waals surface area contributed by atoms with E-state index < -0.39 is 16.0 Å². The normalized spacial score (nSPS) is 14.6. The van der Waals surface area contributed by atoms with Crippen molar-refractivity contribution in [1.82, 2.24) is 0 Å². The zero-order valence-electron chi connectivity index (χ0n) is 14.4. The van der Waals surface area contributed by atoms with Crippen molar-refractivity contribution in [2.45, 2.75) is 31.1 Å². The van der Waals surface area contributed by atoms with Crippen LogP contribution in [0.15, 0.2) is 47.4 Å². The van der Waals surface area contributed by atoms with Crippen LogP contribution in [0, 0.1) is 6.92 Å². The second-order valence-corrected chi connectivity index (χ2v) is 7.97. The molecule has 0 spiro atoms. The van der Waals surface area contributed by atoms with Crippen LogP contribution in [0.4, 0.5) is 5.69 Å². The number of para-hydroxylation sites is 1. The standard InChI is InChI=1S/C19H21NO4S/c1-14-13-16(19(21)24-2)10-11-18(14)25(22,23)20-12-6-5-8-15-7-3-4-9-17(15)20/h3-4,7,9-11,13H,5-6,8,12H2,1-2H3. The summed E-state index contributed by atoms with van der Waals surface area (Å²) in [6.45, 7) is 2.15. The Morgan fingerprint density at radius 2 is 1.88 bits per heavy atom. The van der Waals surface area contributed by atoms with Gasteiger partial charge in [-0.2, -0.15) is 0 Å². The topological polar surface area (TPSA) is 63.7 Å². The fraction of sp³-hybridized carbons (Fsp3) is 0.316. The van der Waals surface area contributed by atoms with Crippen LogP contribution in [0.1, 0.15) is 34.3 Å². The van der Waals surface area contributed by atoms with Gasteiger partial charge >= 0.3 is 5.97 Å². The molecule has 0 atom stereocenters. The second kappa shape index (κ2) is 6.88. The van der Waals surface area contributed by atoms with E-state index in [1.165, 1.54) is 23.5 Å². The van der Waals surface area contributed by atoms with Crippen LogP contribution in [-0.4, -0.2) is 28.0 Å². The van der Waals surface area contributed by atoms with Crippen LogP contribution < -0.4 is 4.31 Å². The number of methoxy groups -OCH3 is 1. The van der Waals surface area contributed by atoms with Gasteiger partial charge in [0.2, 0.25) is 0 Å². The van der Waals surface area contributed by atoms with Gasteiger partial charge < -0.3 is 4.74 Å². The van der Waals surface area contributed by atoms with E-state index in [4.69, 9.17) is 4.74 Å². The number of hydrogen-bond acceptors (Lipinski definition) is 4. The molecule has 0 fully saturated rings. The molecule has 0 radical (unpaired) electrons. The highest BCUT2D eigenvalue weighted by Crippen LogP contribution is 2.32. The summed E-state index contributed by atoms with van der Waals surface area (Å²) in [7, 11) is -2.40. The largest absolute Gasteiger partial charge is 0.465 e. The lowest BCUT2D eigenvalue weighted by atomic mass is 10.1. The first-order chi connectivity index (χ1) is 11.9. The molecule has 132 valence electrons. The van der Waals surface area contributed by atoms with E-state index in [0.29, 0.717) is 17.7 Å². The molecule has 0 unspecified atom stereocenters. The lowest BCUT2D eigenvalue weighted by Crippen LogP contribution is -2.32. The first kappa shape index (κ1) is 17.5. The second-order valence-electron chi connectivity index (χ2n) is 6.13. The lowest BCUT2D eigenvalue weighted by Gasteiger charge is -2.25. The van der Waals surface area contributed by atoms with Crippen molar-refractivity contribution < 1.29 is 17.9 Å². The van der Waals surface area contributed by atoms with Gasteiger partial charge in [0, 0.05) is 6.54 Å². The maximum absolute atomic E-state index is 13.3. The first-order valence-electron chi connectivity index (χ1n) is 8.25. The molecule has 25 heavy (non-hydrogen) atoms. The molecule has 6 heteroatoms. The molecule has 1 heterocycles. The van der Waals surface area contributed by atoms with E-state index in [2.05, 4.69) is 0 Å². The highest BCUT2D eigenvalue weighted by atomic mass is 32.2. The maximum Gasteiger partial charge on any atom is 0.337 e. The quantitative estimate of drug-likeness (QED) is 0.789. The number of aryl methyl sites for hydroxylation is 2. The van der Waals surface area contributed by atoms with Gasteiger partial charge in [-0.1, -0.05) is 18.2 Å². The molecule has 0 amide bonds. The molecular formula is C19H21NO4S. The molecule has 2 aromatic rings. The van der Waals surface area contributed by atoms with Crippen molar-refractivity contribution in [2.24, 2.45) is 0 Å². The molecule has 0 saturated carbocycles. The summed E-state index contributed by atoms with van der Waals surface area (Å²) in [5, 5.41) is 0. The minimum absolute atomic E-state index is 0.219. The van der Waals surface area contributed by atoms with E-state index >= 15 is 0 Å². The third kappa shape index (κ3) is 3.26. The van der Waals surface area contributed by atoms with E-state index in [1.807, 2.05) is 24.3 Å². The van der Waals surface area contributed by atoms with Crippen molar-refractivity contribution in [2.75, 3.05) is 18.0 Å². The third-order valence-electron chi connectivity index (χ3n) is 4.48. The summed E-state index contributed by atoms with van der Waals surface area (Å²) in [5.41, 5.74) is 2.67. The predicted octanol–water partition coefficient (Wildman–Crippen LogP) is 3.31. The fourth-order valence-electron chi connectivity index (χ4n) is 3.21. The Hall–Kier alpha value is -2.34. The average Bonchev–Trinajstić information content (AvgIpc) is 2.83. The third-order valence-corrected chi connectivity index (χ3v) is 6.46. The number of sulfonamides is 1. The van der Waals surface area contributed by atoms with Gasteiger partial charge in [-0.3, -0.25) is 4.31 Å². The smallest absolute Gasteiger partial charge is 0.337 e. The molecule has 0 aliphatic carbocycles. The number of nitrogens with zero attached hydrogens (tertiary/aromatic N) is 1. The highest BCUT2D eigenvalue weighted by Gasteiger charge is 2.29. The zero-order valence-corrected chi connectivity index (χ0v) is 15.2. The van der Waals surface area contributed by atoms with Crippen LogP contribution in [-0.2, 0) is 21.2 Å². The zero-order chi connectivity index (χ0) is 18.0. The predicted molar refractivity (Wildman–Crippen MR) is 96.4 cm³/mol. The van der Waals surface area contributed by atoms with Crippen molar-refractivity contribution in [3.8, 4) is 0 Å². The Morgan fingerprint density at radius 3 is 2.60 bits per heavy atom. The number of fused-ring (bicyclic) bond motifs is 1. The number of anilines is 1. The number of ether oxygens (including phenoxy) is 1. The number of carbonyl (C=O) groups is 1. The minimum Gasteiger partial charge on any atom is -0.465 e. The van der Waals surface area contributed by atoms with Gasteiger partial charge in [0.05, 0.1) is 23.3 Å². The van der Waals surface area contributed by atoms with E-state index in [0.717, 1.165) is 30.5 Å². The van der Waals surface area contributed by atoms with E-state index in [9.17, 15) is 13.2 Å². The monoisotopic (exact) mass is 359 g/mol. The minimum atomic E-state index is -3.70. The van der Waals surface area contributed by atoms with Gasteiger partial charge in [-0.05, 0) is 61.6 Å². The fourth-order valence-corrected chi connectivity index (χ4v) is 4.96. The molecule has 3 rings (SSSR count). The van der Waals surface area contributed by atoms with Gasteiger partial charge in [0.25, 0.3) is 10.0 Å². The number of benzene rings is 2. The van der Waals surface area contributed by atoms with Crippen LogP contribution >= 0.6 is 0 Å². The average molecular weight is 359 g/mol. The lowest BCUT2D eigenvalue weighted by molar-refractivity contribution is 0.0600. The number of rotatable bonds is 3. The van der Waals surface area contributed by atoms with Gasteiger partial charge in [0.1, 0.15) is 0 Å². The molecule has 2 aromatic carbocycles. The number of carbonyl (C=O) groups excluding carboxylic acids is 1. The molecular weight excluding hydrogens is 338 g/mol. The van der Waals surface area contributed by atoms with Crippen molar-refractivity contribution in [1.29, 1.82) is 0 Å². The molecule has 1 aliphatic rings. The molecule has 0 saturated heterocycles.